The fraction of sp³-hybridized carbons (Fsp3) is 0.261. The smallest absolute Gasteiger partial charge is 0.223 e. The number of hydrogen-bond acceptors (Lipinski definition) is 3. The summed E-state index contributed by atoms with van der Waals surface area (Å²) >= 11 is 1.37. The molecule has 1 N–H and O–H groups in total. The molecule has 0 aliphatic carbocycles. The van der Waals surface area contributed by atoms with Gasteiger partial charge in [-0.1, -0.05) is 42.5 Å². The van der Waals surface area contributed by atoms with E-state index in [0.29, 0.717) is 12.0 Å². The van der Waals surface area contributed by atoms with Gasteiger partial charge in [-0.3, -0.25) is 4.79 Å². The summed E-state index contributed by atoms with van der Waals surface area (Å²) in [4.78, 5) is 15.5. The van der Waals surface area contributed by atoms with E-state index in [9.17, 15) is 14.3 Å². The second-order valence-corrected chi connectivity index (χ2v) is 8.46. The number of carbonyl (C=O) groups excluding carboxylic acids is 1. The van der Waals surface area contributed by atoms with E-state index < -0.39 is 6.10 Å². The predicted molar refractivity (Wildman–Crippen MR) is 110 cm³/mol. The SMILES string of the molecule is Cc1ccc(-c2ccc([C@@H](O)[C@H]3[C@@H](c4ccccc4)CC(=O)N3C)s2)c(F)c1. The molecule has 0 unspecified atom stereocenters. The molecule has 5 heteroatoms. The molecule has 3 nitrogen and oxygen atoms in total. The summed E-state index contributed by atoms with van der Waals surface area (Å²) in [6.45, 7) is 1.85. The molecule has 1 aromatic heterocycles. The van der Waals surface area contributed by atoms with Gasteiger partial charge in [-0.15, -0.1) is 11.3 Å². The molecule has 1 amide bonds. The van der Waals surface area contributed by atoms with Crippen LogP contribution < -0.4 is 0 Å². The topological polar surface area (TPSA) is 40.5 Å². The third kappa shape index (κ3) is 3.36. The molecule has 3 aromatic rings. The first-order chi connectivity index (χ1) is 13.5. The third-order valence-corrected chi connectivity index (χ3v) is 6.70. The van der Waals surface area contributed by atoms with E-state index in [0.717, 1.165) is 20.9 Å². The van der Waals surface area contributed by atoms with Gasteiger partial charge in [0.05, 0.1) is 6.04 Å². The number of benzene rings is 2. The molecular weight excluding hydrogens is 373 g/mol. The highest BCUT2D eigenvalue weighted by atomic mass is 32.1. The van der Waals surface area contributed by atoms with Crippen LogP contribution in [-0.2, 0) is 4.79 Å². The number of likely N-dealkylation sites (N-methyl/N-ethyl adjacent to an activating group) is 1. The van der Waals surface area contributed by atoms with Crippen LogP contribution in [0.3, 0.4) is 0 Å². The lowest BCUT2D eigenvalue weighted by Gasteiger charge is -2.29. The molecule has 144 valence electrons. The Morgan fingerprint density at radius 1 is 1.14 bits per heavy atom. The van der Waals surface area contributed by atoms with Crippen LogP contribution in [0.4, 0.5) is 4.39 Å². The number of thiophene rings is 1. The molecule has 2 heterocycles. The number of halogens is 1. The molecule has 2 aromatic carbocycles. The first kappa shape index (κ1) is 18.8. The van der Waals surface area contributed by atoms with Gasteiger partial charge in [-0.25, -0.2) is 4.39 Å². The molecule has 0 saturated carbocycles. The van der Waals surface area contributed by atoms with Crippen LogP contribution in [-0.4, -0.2) is 29.0 Å². The molecule has 0 radical (unpaired) electrons. The van der Waals surface area contributed by atoms with Gasteiger partial charge in [-0.2, -0.15) is 0 Å². The van der Waals surface area contributed by atoms with Gasteiger partial charge in [0, 0.05) is 34.7 Å². The van der Waals surface area contributed by atoms with Crippen molar-refractivity contribution in [3.8, 4) is 10.4 Å². The first-order valence-corrected chi connectivity index (χ1v) is 10.1. The Hall–Kier alpha value is -2.50. The highest BCUT2D eigenvalue weighted by Gasteiger charge is 2.43. The molecule has 0 spiro atoms. The zero-order chi connectivity index (χ0) is 19.8. The molecular formula is C23H22FNO2S. The molecule has 4 rings (SSSR count). The van der Waals surface area contributed by atoms with E-state index in [1.807, 2.05) is 55.5 Å². The minimum atomic E-state index is -0.825. The van der Waals surface area contributed by atoms with Crippen molar-refractivity contribution in [1.82, 2.24) is 4.90 Å². The standard InChI is InChI=1S/C23H22FNO2S/c1-14-8-9-16(18(24)12-14)19-10-11-20(28-19)23(27)22-17(13-21(26)25(22)2)15-6-4-3-5-7-15/h3-12,17,22-23,27H,13H2,1-2H3/t17-,22-,23-/m1/s1. The van der Waals surface area contributed by atoms with Gasteiger partial charge in [0.1, 0.15) is 11.9 Å². The zero-order valence-corrected chi connectivity index (χ0v) is 16.6. The number of aliphatic hydroxyl groups excluding tert-OH is 1. The van der Waals surface area contributed by atoms with E-state index >= 15 is 0 Å². The average molecular weight is 395 g/mol. The Kier molecular flexibility index (Phi) is 5.04. The van der Waals surface area contributed by atoms with Crippen molar-refractivity contribution in [2.45, 2.75) is 31.4 Å². The summed E-state index contributed by atoms with van der Waals surface area (Å²) in [5.41, 5.74) is 2.45. The normalized spacial score (nSPS) is 20.6. The summed E-state index contributed by atoms with van der Waals surface area (Å²) < 4.78 is 14.3. The first-order valence-electron chi connectivity index (χ1n) is 9.30. The minimum absolute atomic E-state index is 0.0271. The molecule has 1 saturated heterocycles. The third-order valence-electron chi connectivity index (χ3n) is 5.51. The Balaban J connectivity index is 1.65. The van der Waals surface area contributed by atoms with Gasteiger partial charge in [0.25, 0.3) is 0 Å². The maximum absolute atomic E-state index is 14.3. The number of nitrogens with zero attached hydrogens (tertiary/aromatic N) is 1. The Bertz CT molecular complexity index is 1000. The van der Waals surface area contributed by atoms with E-state index in [2.05, 4.69) is 0 Å². The number of hydrogen-bond donors (Lipinski definition) is 1. The lowest BCUT2D eigenvalue weighted by Crippen LogP contribution is -2.36. The molecule has 0 bridgehead atoms. The van der Waals surface area contributed by atoms with E-state index in [4.69, 9.17) is 0 Å². The summed E-state index contributed by atoms with van der Waals surface area (Å²) in [5, 5.41) is 11.1. The number of aliphatic hydroxyl groups is 1. The highest BCUT2D eigenvalue weighted by molar-refractivity contribution is 7.15. The minimum Gasteiger partial charge on any atom is -0.385 e. The van der Waals surface area contributed by atoms with Crippen LogP contribution in [0.5, 0.6) is 0 Å². The van der Waals surface area contributed by atoms with Crippen LogP contribution in [0.25, 0.3) is 10.4 Å². The largest absolute Gasteiger partial charge is 0.385 e. The lowest BCUT2D eigenvalue weighted by molar-refractivity contribution is -0.128. The Labute approximate surface area is 168 Å². The quantitative estimate of drug-likeness (QED) is 0.682. The number of carbonyl (C=O) groups is 1. The van der Waals surface area contributed by atoms with Crippen molar-refractivity contribution >= 4 is 17.2 Å². The Morgan fingerprint density at radius 3 is 2.61 bits per heavy atom. The maximum Gasteiger partial charge on any atom is 0.223 e. The number of amides is 1. The fourth-order valence-electron chi connectivity index (χ4n) is 3.98. The molecule has 1 aliphatic heterocycles. The number of likely N-dealkylation sites (tertiary alicyclic amines) is 1. The van der Waals surface area contributed by atoms with Crippen molar-refractivity contribution in [3.05, 3.63) is 82.5 Å². The molecule has 28 heavy (non-hydrogen) atoms. The van der Waals surface area contributed by atoms with E-state index in [1.165, 1.54) is 17.4 Å². The highest BCUT2D eigenvalue weighted by Crippen LogP contribution is 2.42. The summed E-state index contributed by atoms with van der Waals surface area (Å²) in [6.07, 6.45) is -0.443. The summed E-state index contributed by atoms with van der Waals surface area (Å²) in [7, 11) is 1.74. The van der Waals surface area contributed by atoms with Crippen LogP contribution in [0, 0.1) is 12.7 Å². The van der Waals surface area contributed by atoms with Crippen molar-refractivity contribution in [2.24, 2.45) is 0 Å². The van der Waals surface area contributed by atoms with Gasteiger partial charge < -0.3 is 10.0 Å². The second kappa shape index (κ2) is 7.49. The maximum atomic E-state index is 14.3. The predicted octanol–water partition coefficient (Wildman–Crippen LogP) is 4.91. The van der Waals surface area contributed by atoms with Crippen molar-refractivity contribution in [1.29, 1.82) is 0 Å². The average Bonchev–Trinajstić information content (AvgIpc) is 3.28. The molecule has 1 fully saturated rings. The Morgan fingerprint density at radius 2 is 1.89 bits per heavy atom. The van der Waals surface area contributed by atoms with Crippen LogP contribution in [0.1, 0.15) is 34.4 Å². The van der Waals surface area contributed by atoms with Crippen molar-refractivity contribution < 1.29 is 14.3 Å². The lowest BCUT2D eigenvalue weighted by atomic mass is 9.88. The van der Waals surface area contributed by atoms with Gasteiger partial charge in [-0.05, 0) is 36.2 Å². The van der Waals surface area contributed by atoms with Crippen molar-refractivity contribution in [2.75, 3.05) is 7.05 Å². The molecule has 3 atom stereocenters. The second-order valence-electron chi connectivity index (χ2n) is 7.35. The van der Waals surface area contributed by atoms with Crippen LogP contribution >= 0.6 is 11.3 Å². The van der Waals surface area contributed by atoms with E-state index in [1.54, 1.807) is 18.0 Å². The molecule has 1 aliphatic rings. The monoisotopic (exact) mass is 395 g/mol. The van der Waals surface area contributed by atoms with Gasteiger partial charge in [0.2, 0.25) is 5.91 Å². The fourth-order valence-corrected chi connectivity index (χ4v) is 5.04. The van der Waals surface area contributed by atoms with Crippen LogP contribution in [0.2, 0.25) is 0 Å². The number of rotatable bonds is 4. The summed E-state index contributed by atoms with van der Waals surface area (Å²) in [6, 6.07) is 18.3. The van der Waals surface area contributed by atoms with Crippen LogP contribution in [0.15, 0.2) is 60.7 Å². The van der Waals surface area contributed by atoms with E-state index in [-0.39, 0.29) is 23.7 Å². The van der Waals surface area contributed by atoms with Gasteiger partial charge in [0.15, 0.2) is 0 Å². The zero-order valence-electron chi connectivity index (χ0n) is 15.8. The van der Waals surface area contributed by atoms with Crippen molar-refractivity contribution in [3.63, 3.8) is 0 Å². The van der Waals surface area contributed by atoms with Gasteiger partial charge >= 0.3 is 0 Å². The summed E-state index contributed by atoms with van der Waals surface area (Å²) in [5.74, 6) is -0.312. The number of aryl methyl sites for hydroxylation is 1.